The number of aromatic nitrogens is 1. The molecule has 106 valence electrons. The van der Waals surface area contributed by atoms with Crippen LogP contribution in [0.5, 0.6) is 0 Å². The van der Waals surface area contributed by atoms with E-state index in [2.05, 4.69) is 17.2 Å². The van der Waals surface area contributed by atoms with Crippen LogP contribution in [0.25, 0.3) is 0 Å². The second-order valence-corrected chi connectivity index (χ2v) is 6.52. The van der Waals surface area contributed by atoms with Gasteiger partial charge in [-0.3, -0.25) is 0 Å². The molecule has 0 aliphatic carbocycles. The Morgan fingerprint density at radius 2 is 2.26 bits per heavy atom. The average molecular weight is 282 g/mol. The van der Waals surface area contributed by atoms with Crippen molar-refractivity contribution < 1.29 is 9.47 Å². The molecule has 1 aromatic rings. The van der Waals surface area contributed by atoms with Gasteiger partial charge in [-0.2, -0.15) is 0 Å². The molecule has 19 heavy (non-hydrogen) atoms. The Bertz CT molecular complexity index is 385. The number of nitrogens with zero attached hydrogens (tertiary/aromatic N) is 1. The first kappa shape index (κ1) is 13.5. The van der Waals surface area contributed by atoms with Crippen LogP contribution in [-0.2, 0) is 9.47 Å². The normalized spacial score (nSPS) is 28.4. The highest BCUT2D eigenvalue weighted by atomic mass is 32.1. The minimum atomic E-state index is 0.0662. The van der Waals surface area contributed by atoms with Crippen molar-refractivity contribution in [2.45, 2.75) is 50.3 Å². The van der Waals surface area contributed by atoms with Crippen LogP contribution in [0, 0.1) is 0 Å². The van der Waals surface area contributed by atoms with Crippen LogP contribution in [0.15, 0.2) is 11.6 Å². The van der Waals surface area contributed by atoms with Crippen LogP contribution in [0.3, 0.4) is 0 Å². The van der Waals surface area contributed by atoms with Crippen LogP contribution < -0.4 is 5.32 Å². The molecule has 2 fully saturated rings. The fraction of sp³-hybridized carbons (Fsp3) is 0.786. The molecule has 0 saturated carbocycles. The lowest BCUT2D eigenvalue weighted by molar-refractivity contribution is -0.140. The quantitative estimate of drug-likeness (QED) is 0.925. The third-order valence-corrected chi connectivity index (χ3v) is 5.16. The molecule has 2 aliphatic rings. The molecule has 0 radical (unpaired) electrons. The van der Waals surface area contributed by atoms with E-state index in [0.29, 0.717) is 12.1 Å². The predicted octanol–water partition coefficient (Wildman–Crippen LogP) is 2.52. The van der Waals surface area contributed by atoms with E-state index < -0.39 is 0 Å². The Morgan fingerprint density at radius 1 is 1.42 bits per heavy atom. The summed E-state index contributed by atoms with van der Waals surface area (Å²) >= 11 is 1.72. The van der Waals surface area contributed by atoms with E-state index >= 15 is 0 Å². The third kappa shape index (κ3) is 3.16. The molecule has 2 saturated heterocycles. The van der Waals surface area contributed by atoms with E-state index in [1.807, 2.05) is 11.6 Å². The lowest BCUT2D eigenvalue weighted by Gasteiger charge is -2.44. The minimum absolute atomic E-state index is 0.0662. The molecule has 2 unspecified atom stereocenters. The maximum Gasteiger partial charge on any atom is 0.109 e. The van der Waals surface area contributed by atoms with E-state index in [4.69, 9.17) is 9.47 Å². The summed E-state index contributed by atoms with van der Waals surface area (Å²) in [4.78, 5) is 4.39. The van der Waals surface area contributed by atoms with Gasteiger partial charge in [0, 0.05) is 37.4 Å². The zero-order chi connectivity index (χ0) is 13.1. The van der Waals surface area contributed by atoms with Crippen molar-refractivity contribution in [3.05, 3.63) is 16.6 Å². The van der Waals surface area contributed by atoms with Crippen molar-refractivity contribution in [2.75, 3.05) is 19.8 Å². The van der Waals surface area contributed by atoms with Crippen LogP contribution in [-0.4, -0.2) is 36.4 Å². The fourth-order valence-corrected chi connectivity index (χ4v) is 3.79. The Kier molecular flexibility index (Phi) is 4.17. The summed E-state index contributed by atoms with van der Waals surface area (Å²) in [6, 6.07) is 0.866. The highest BCUT2D eigenvalue weighted by Crippen LogP contribution is 2.35. The number of nitrogens with one attached hydrogen (secondary N) is 1. The smallest absolute Gasteiger partial charge is 0.109 e. The number of hydrogen-bond donors (Lipinski definition) is 1. The van der Waals surface area contributed by atoms with E-state index in [-0.39, 0.29) is 5.60 Å². The first-order valence-electron chi connectivity index (χ1n) is 7.15. The summed E-state index contributed by atoms with van der Waals surface area (Å²) in [5.74, 6) is 0. The minimum Gasteiger partial charge on any atom is -0.381 e. The number of ether oxygens (including phenoxy) is 2. The molecule has 1 aromatic heterocycles. The largest absolute Gasteiger partial charge is 0.381 e. The summed E-state index contributed by atoms with van der Waals surface area (Å²) < 4.78 is 11.5. The molecule has 0 bridgehead atoms. The van der Waals surface area contributed by atoms with Crippen molar-refractivity contribution in [2.24, 2.45) is 0 Å². The zero-order valence-corrected chi connectivity index (χ0v) is 12.2. The Balaban J connectivity index is 1.59. The molecule has 1 N–H and O–H groups in total. The maximum atomic E-state index is 6.08. The van der Waals surface area contributed by atoms with Crippen molar-refractivity contribution in [3.8, 4) is 0 Å². The summed E-state index contributed by atoms with van der Waals surface area (Å²) in [7, 11) is 0. The number of rotatable bonds is 3. The molecule has 3 heterocycles. The van der Waals surface area contributed by atoms with Crippen molar-refractivity contribution in [1.82, 2.24) is 10.3 Å². The first-order chi connectivity index (χ1) is 9.27. The van der Waals surface area contributed by atoms with Gasteiger partial charge >= 0.3 is 0 Å². The molecule has 0 amide bonds. The van der Waals surface area contributed by atoms with Gasteiger partial charge in [0.05, 0.1) is 11.6 Å². The molecule has 3 rings (SSSR count). The summed E-state index contributed by atoms with van der Waals surface area (Å²) in [5, 5.41) is 6.93. The standard InChI is InChI=1S/C14H22N2O2S/c1-11(13-15-5-9-19-13)16-12-2-6-18-14(10-12)3-7-17-8-4-14/h5,9,11-12,16H,2-4,6-8,10H2,1H3. The third-order valence-electron chi connectivity index (χ3n) is 4.20. The summed E-state index contributed by atoms with van der Waals surface area (Å²) in [5.41, 5.74) is 0.0662. The lowest BCUT2D eigenvalue weighted by Crippen LogP contribution is -2.50. The topological polar surface area (TPSA) is 43.4 Å². The molecule has 2 atom stereocenters. The van der Waals surface area contributed by atoms with Crippen LogP contribution in [0.1, 0.15) is 43.7 Å². The van der Waals surface area contributed by atoms with Gasteiger partial charge in [0.1, 0.15) is 5.01 Å². The SMILES string of the molecule is CC(NC1CCOC2(CCOCC2)C1)c1nccs1. The van der Waals surface area contributed by atoms with Crippen LogP contribution in [0.4, 0.5) is 0 Å². The fourth-order valence-electron chi connectivity index (χ4n) is 3.14. The van der Waals surface area contributed by atoms with E-state index in [1.54, 1.807) is 11.3 Å². The van der Waals surface area contributed by atoms with Crippen molar-refractivity contribution in [3.63, 3.8) is 0 Å². The second-order valence-electron chi connectivity index (χ2n) is 5.59. The van der Waals surface area contributed by atoms with E-state index in [9.17, 15) is 0 Å². The average Bonchev–Trinajstić information content (AvgIpc) is 2.93. The molecule has 5 heteroatoms. The summed E-state index contributed by atoms with van der Waals surface area (Å²) in [6.07, 6.45) is 6.15. The molecule has 2 aliphatic heterocycles. The monoisotopic (exact) mass is 282 g/mol. The van der Waals surface area contributed by atoms with Gasteiger partial charge in [-0.15, -0.1) is 11.3 Å². The van der Waals surface area contributed by atoms with Gasteiger partial charge in [-0.05, 0) is 32.6 Å². The Morgan fingerprint density at radius 3 is 3.00 bits per heavy atom. The van der Waals surface area contributed by atoms with Gasteiger partial charge in [-0.1, -0.05) is 0 Å². The van der Waals surface area contributed by atoms with Crippen molar-refractivity contribution in [1.29, 1.82) is 0 Å². The van der Waals surface area contributed by atoms with Crippen LogP contribution in [0.2, 0.25) is 0 Å². The van der Waals surface area contributed by atoms with E-state index in [1.165, 1.54) is 5.01 Å². The Labute approximate surface area is 118 Å². The van der Waals surface area contributed by atoms with Gasteiger partial charge in [-0.25, -0.2) is 4.98 Å². The number of hydrogen-bond acceptors (Lipinski definition) is 5. The van der Waals surface area contributed by atoms with Gasteiger partial charge < -0.3 is 14.8 Å². The van der Waals surface area contributed by atoms with Gasteiger partial charge in [0.2, 0.25) is 0 Å². The zero-order valence-electron chi connectivity index (χ0n) is 11.4. The highest BCUT2D eigenvalue weighted by molar-refractivity contribution is 7.09. The lowest BCUT2D eigenvalue weighted by atomic mass is 9.84. The second kappa shape index (κ2) is 5.87. The first-order valence-corrected chi connectivity index (χ1v) is 8.03. The van der Waals surface area contributed by atoms with Crippen LogP contribution >= 0.6 is 11.3 Å². The molecular weight excluding hydrogens is 260 g/mol. The molecule has 1 spiro atoms. The van der Waals surface area contributed by atoms with E-state index in [0.717, 1.165) is 45.5 Å². The molecule has 0 aromatic carbocycles. The summed E-state index contributed by atoms with van der Waals surface area (Å²) in [6.45, 7) is 4.75. The molecule has 4 nitrogen and oxygen atoms in total. The van der Waals surface area contributed by atoms with Gasteiger partial charge in [0.25, 0.3) is 0 Å². The molecular formula is C14H22N2O2S. The Hall–Kier alpha value is -0.490. The maximum absolute atomic E-state index is 6.08. The highest BCUT2D eigenvalue weighted by Gasteiger charge is 2.39. The van der Waals surface area contributed by atoms with Crippen molar-refractivity contribution >= 4 is 11.3 Å². The number of thiazole rings is 1. The van der Waals surface area contributed by atoms with Gasteiger partial charge in [0.15, 0.2) is 0 Å². The predicted molar refractivity (Wildman–Crippen MR) is 75.4 cm³/mol.